The summed E-state index contributed by atoms with van der Waals surface area (Å²) in [6.45, 7) is 0.625. The first-order valence-electron chi connectivity index (χ1n) is 8.51. The summed E-state index contributed by atoms with van der Waals surface area (Å²) in [5.74, 6) is 0.131. The molecule has 0 aliphatic carbocycles. The van der Waals surface area contributed by atoms with Crippen molar-refractivity contribution in [2.24, 2.45) is 0 Å². The Labute approximate surface area is 149 Å². The molecule has 0 fully saturated rings. The molecule has 1 amide bonds. The van der Waals surface area contributed by atoms with Crippen molar-refractivity contribution in [1.82, 2.24) is 4.90 Å². The van der Waals surface area contributed by atoms with E-state index in [1.807, 2.05) is 39.3 Å². The SMILES string of the molecule is CN(Cc1ccc(N(C)C)cc1)C(=O)Cc1ccc2ccccc2c1. The Morgan fingerprint density at radius 2 is 1.44 bits per heavy atom. The molecule has 0 radical (unpaired) electrons. The van der Waals surface area contributed by atoms with E-state index >= 15 is 0 Å². The predicted octanol–water partition coefficient (Wildman–Crippen LogP) is 4.11. The van der Waals surface area contributed by atoms with E-state index in [9.17, 15) is 4.79 Å². The molecule has 0 aromatic heterocycles. The second-order valence-corrected chi connectivity index (χ2v) is 6.67. The van der Waals surface area contributed by atoms with Crippen LogP contribution in [0.4, 0.5) is 5.69 Å². The number of hydrogen-bond acceptors (Lipinski definition) is 2. The van der Waals surface area contributed by atoms with Gasteiger partial charge in [-0.1, -0.05) is 54.6 Å². The molecule has 0 saturated carbocycles. The Kier molecular flexibility index (Phi) is 5.03. The molecule has 0 aliphatic heterocycles. The first kappa shape index (κ1) is 17.0. The molecule has 0 spiro atoms. The maximum atomic E-state index is 12.5. The van der Waals surface area contributed by atoms with E-state index in [0.717, 1.165) is 16.8 Å². The third kappa shape index (κ3) is 4.18. The minimum atomic E-state index is 0.131. The molecule has 25 heavy (non-hydrogen) atoms. The minimum absolute atomic E-state index is 0.131. The van der Waals surface area contributed by atoms with E-state index in [0.29, 0.717) is 13.0 Å². The monoisotopic (exact) mass is 332 g/mol. The first-order valence-corrected chi connectivity index (χ1v) is 8.51. The number of carbonyl (C=O) groups excluding carboxylic acids is 1. The van der Waals surface area contributed by atoms with Crippen molar-refractivity contribution in [3.63, 3.8) is 0 Å². The maximum absolute atomic E-state index is 12.5. The molecule has 0 atom stereocenters. The standard InChI is InChI=1S/C22H24N2O/c1-23(2)21-12-9-17(10-13-21)16-24(3)22(25)15-18-8-11-19-6-4-5-7-20(19)14-18/h4-14H,15-16H2,1-3H3. The van der Waals surface area contributed by atoms with Gasteiger partial charge in [0, 0.05) is 33.4 Å². The highest BCUT2D eigenvalue weighted by atomic mass is 16.2. The van der Waals surface area contributed by atoms with E-state index in [4.69, 9.17) is 0 Å². The zero-order valence-electron chi connectivity index (χ0n) is 15.1. The lowest BCUT2D eigenvalue weighted by Gasteiger charge is -2.18. The van der Waals surface area contributed by atoms with Crippen molar-refractivity contribution in [2.75, 3.05) is 26.0 Å². The van der Waals surface area contributed by atoms with Crippen LogP contribution in [0, 0.1) is 0 Å². The van der Waals surface area contributed by atoms with Crippen molar-refractivity contribution < 1.29 is 4.79 Å². The highest BCUT2D eigenvalue weighted by Gasteiger charge is 2.11. The lowest BCUT2D eigenvalue weighted by molar-refractivity contribution is -0.129. The number of hydrogen-bond donors (Lipinski definition) is 0. The third-order valence-corrected chi connectivity index (χ3v) is 4.47. The topological polar surface area (TPSA) is 23.6 Å². The summed E-state index contributed by atoms with van der Waals surface area (Å²) in [5.41, 5.74) is 3.35. The minimum Gasteiger partial charge on any atom is -0.378 e. The average molecular weight is 332 g/mol. The number of anilines is 1. The van der Waals surface area contributed by atoms with Crippen LogP contribution in [0.15, 0.2) is 66.7 Å². The van der Waals surface area contributed by atoms with Crippen molar-refractivity contribution in [2.45, 2.75) is 13.0 Å². The second kappa shape index (κ2) is 7.39. The number of fused-ring (bicyclic) bond motifs is 1. The number of rotatable bonds is 5. The summed E-state index contributed by atoms with van der Waals surface area (Å²) in [7, 11) is 5.91. The summed E-state index contributed by atoms with van der Waals surface area (Å²) in [4.78, 5) is 16.4. The molecule has 3 aromatic rings. The maximum Gasteiger partial charge on any atom is 0.227 e. The van der Waals surface area contributed by atoms with Crippen LogP contribution < -0.4 is 4.90 Å². The van der Waals surface area contributed by atoms with Gasteiger partial charge >= 0.3 is 0 Å². The molecule has 3 nitrogen and oxygen atoms in total. The zero-order valence-corrected chi connectivity index (χ0v) is 15.1. The third-order valence-electron chi connectivity index (χ3n) is 4.47. The van der Waals surface area contributed by atoms with Crippen LogP contribution in [-0.4, -0.2) is 32.0 Å². The number of nitrogens with zero attached hydrogens (tertiary/aromatic N) is 2. The normalized spacial score (nSPS) is 10.7. The summed E-state index contributed by atoms with van der Waals surface area (Å²) in [6, 6.07) is 22.8. The van der Waals surface area contributed by atoms with Gasteiger partial charge in [0.05, 0.1) is 6.42 Å². The van der Waals surface area contributed by atoms with Crippen LogP contribution in [-0.2, 0) is 17.8 Å². The molecule has 0 N–H and O–H groups in total. The summed E-state index contributed by atoms with van der Waals surface area (Å²) >= 11 is 0. The van der Waals surface area contributed by atoms with E-state index in [1.165, 1.54) is 10.8 Å². The highest BCUT2D eigenvalue weighted by molar-refractivity contribution is 5.85. The van der Waals surface area contributed by atoms with Gasteiger partial charge in [-0.25, -0.2) is 0 Å². The van der Waals surface area contributed by atoms with E-state index < -0.39 is 0 Å². The number of likely N-dealkylation sites (N-methyl/N-ethyl adjacent to an activating group) is 1. The lowest BCUT2D eigenvalue weighted by atomic mass is 10.0. The fraction of sp³-hybridized carbons (Fsp3) is 0.227. The molecule has 3 rings (SSSR count). The summed E-state index contributed by atoms with van der Waals surface area (Å²) < 4.78 is 0. The first-order chi connectivity index (χ1) is 12.0. The van der Waals surface area contributed by atoms with Gasteiger partial charge in [-0.05, 0) is 34.0 Å². The van der Waals surface area contributed by atoms with E-state index in [-0.39, 0.29) is 5.91 Å². The lowest BCUT2D eigenvalue weighted by Crippen LogP contribution is -2.27. The van der Waals surface area contributed by atoms with Crippen LogP contribution in [0.5, 0.6) is 0 Å². The molecular formula is C22H24N2O. The van der Waals surface area contributed by atoms with Crippen LogP contribution >= 0.6 is 0 Å². The second-order valence-electron chi connectivity index (χ2n) is 6.67. The highest BCUT2D eigenvalue weighted by Crippen LogP contribution is 2.17. The molecule has 0 aliphatic rings. The quantitative estimate of drug-likeness (QED) is 0.702. The Morgan fingerprint density at radius 1 is 0.800 bits per heavy atom. The van der Waals surface area contributed by atoms with E-state index in [2.05, 4.69) is 53.4 Å². The zero-order chi connectivity index (χ0) is 17.8. The molecule has 3 aromatic carbocycles. The molecule has 0 bridgehead atoms. The van der Waals surface area contributed by atoms with Crippen LogP contribution in [0.1, 0.15) is 11.1 Å². The van der Waals surface area contributed by atoms with Crippen LogP contribution in [0.25, 0.3) is 10.8 Å². The number of amides is 1. The van der Waals surface area contributed by atoms with Crippen molar-refractivity contribution in [1.29, 1.82) is 0 Å². The molecule has 0 unspecified atom stereocenters. The van der Waals surface area contributed by atoms with Gasteiger partial charge in [0.15, 0.2) is 0 Å². The Morgan fingerprint density at radius 3 is 2.12 bits per heavy atom. The van der Waals surface area contributed by atoms with Gasteiger partial charge in [-0.15, -0.1) is 0 Å². The molecule has 3 heteroatoms. The van der Waals surface area contributed by atoms with Gasteiger partial charge < -0.3 is 9.80 Å². The van der Waals surface area contributed by atoms with Crippen LogP contribution in [0.2, 0.25) is 0 Å². The Balaban J connectivity index is 1.65. The van der Waals surface area contributed by atoms with Gasteiger partial charge in [-0.2, -0.15) is 0 Å². The fourth-order valence-corrected chi connectivity index (χ4v) is 2.92. The predicted molar refractivity (Wildman–Crippen MR) is 105 cm³/mol. The Hall–Kier alpha value is -2.81. The van der Waals surface area contributed by atoms with Crippen molar-refractivity contribution in [3.05, 3.63) is 77.9 Å². The number of benzene rings is 3. The largest absolute Gasteiger partial charge is 0.378 e. The van der Waals surface area contributed by atoms with Crippen molar-refractivity contribution >= 4 is 22.4 Å². The van der Waals surface area contributed by atoms with Gasteiger partial charge in [0.2, 0.25) is 5.91 Å². The molecule has 0 saturated heterocycles. The fourth-order valence-electron chi connectivity index (χ4n) is 2.92. The number of carbonyl (C=O) groups is 1. The van der Waals surface area contributed by atoms with Gasteiger partial charge in [0.25, 0.3) is 0 Å². The smallest absolute Gasteiger partial charge is 0.227 e. The van der Waals surface area contributed by atoms with E-state index in [1.54, 1.807) is 4.90 Å². The molecular weight excluding hydrogens is 308 g/mol. The van der Waals surface area contributed by atoms with Gasteiger partial charge in [0.1, 0.15) is 0 Å². The summed E-state index contributed by atoms with van der Waals surface area (Å²) in [5, 5.41) is 2.38. The molecule has 0 heterocycles. The Bertz CT molecular complexity index is 869. The average Bonchev–Trinajstić information content (AvgIpc) is 2.62. The van der Waals surface area contributed by atoms with Crippen molar-refractivity contribution in [3.8, 4) is 0 Å². The van der Waals surface area contributed by atoms with Gasteiger partial charge in [-0.3, -0.25) is 4.79 Å². The molecule has 128 valence electrons. The summed E-state index contributed by atoms with van der Waals surface area (Å²) in [6.07, 6.45) is 0.428. The van der Waals surface area contributed by atoms with Crippen LogP contribution in [0.3, 0.4) is 0 Å².